The molecule has 226 valence electrons. The molecule has 0 aliphatic heterocycles. The van der Waals surface area contributed by atoms with Crippen LogP contribution in [0.2, 0.25) is 10.0 Å². The molecule has 2 N–H and O–H groups in total. The lowest BCUT2D eigenvalue weighted by molar-refractivity contribution is -0.114. The number of amides is 1. The zero-order valence-corrected chi connectivity index (χ0v) is 26.3. The van der Waals surface area contributed by atoms with E-state index < -0.39 is 32.5 Å². The molecule has 0 saturated heterocycles. The average Bonchev–Trinajstić information content (AvgIpc) is 2.97. The summed E-state index contributed by atoms with van der Waals surface area (Å²) in [6, 6.07) is 20.4. The van der Waals surface area contributed by atoms with Crippen LogP contribution in [0.3, 0.4) is 0 Å². The van der Waals surface area contributed by atoms with Crippen molar-refractivity contribution in [3.63, 3.8) is 0 Å². The maximum atomic E-state index is 13.6. The lowest BCUT2D eigenvalue weighted by Gasteiger charge is -2.25. The third kappa shape index (κ3) is 7.52. The molecule has 0 aliphatic rings. The maximum Gasteiger partial charge on any atom is 0.264 e. The van der Waals surface area contributed by atoms with Crippen molar-refractivity contribution in [2.45, 2.75) is 16.7 Å². The summed E-state index contributed by atoms with van der Waals surface area (Å²) in [6.07, 6.45) is 0. The molecule has 10 nitrogen and oxygen atoms in total. The molecule has 0 aromatic heterocycles. The smallest absolute Gasteiger partial charge is 0.264 e. The monoisotopic (exact) mass is 663 g/mol. The number of carbonyl (C=O) groups excluding carboxylic acids is 1. The first-order valence-corrected chi connectivity index (χ1v) is 16.2. The van der Waals surface area contributed by atoms with Gasteiger partial charge < -0.3 is 14.8 Å². The molecular weight excluding hydrogens is 637 g/mol. The minimum Gasteiger partial charge on any atom is -0.497 e. The van der Waals surface area contributed by atoms with Crippen LogP contribution in [0.15, 0.2) is 94.7 Å². The average molecular weight is 665 g/mol. The van der Waals surface area contributed by atoms with E-state index in [4.69, 9.17) is 32.7 Å². The highest BCUT2D eigenvalue weighted by Gasteiger charge is 2.29. The molecule has 0 saturated carbocycles. The van der Waals surface area contributed by atoms with Crippen LogP contribution in [0.25, 0.3) is 0 Å². The van der Waals surface area contributed by atoms with Crippen molar-refractivity contribution in [2.24, 2.45) is 0 Å². The molecule has 0 aliphatic carbocycles. The highest BCUT2D eigenvalue weighted by molar-refractivity contribution is 7.93. The van der Waals surface area contributed by atoms with Gasteiger partial charge in [0.05, 0.1) is 40.4 Å². The molecule has 0 radical (unpaired) electrons. The lowest BCUT2D eigenvalue weighted by Crippen LogP contribution is -2.38. The summed E-state index contributed by atoms with van der Waals surface area (Å²) < 4.78 is 67.1. The molecule has 0 atom stereocenters. The Balaban J connectivity index is 1.56. The molecule has 43 heavy (non-hydrogen) atoms. The van der Waals surface area contributed by atoms with Crippen molar-refractivity contribution in [1.82, 2.24) is 0 Å². The quantitative estimate of drug-likeness (QED) is 0.203. The Morgan fingerprint density at radius 3 is 2.09 bits per heavy atom. The predicted octanol–water partition coefficient (Wildman–Crippen LogP) is 5.95. The molecular formula is C29H27Cl2N3O7S2. The van der Waals surface area contributed by atoms with Crippen LogP contribution < -0.4 is 23.8 Å². The van der Waals surface area contributed by atoms with Gasteiger partial charge in [0.2, 0.25) is 5.91 Å². The zero-order valence-electron chi connectivity index (χ0n) is 23.2. The Morgan fingerprint density at radius 1 is 0.814 bits per heavy atom. The minimum absolute atomic E-state index is 0.0189. The van der Waals surface area contributed by atoms with Gasteiger partial charge in [0, 0.05) is 16.8 Å². The number of nitrogens with one attached hydrogen (secondary N) is 2. The van der Waals surface area contributed by atoms with Gasteiger partial charge >= 0.3 is 0 Å². The van der Waals surface area contributed by atoms with E-state index >= 15 is 0 Å². The molecule has 0 bridgehead atoms. The van der Waals surface area contributed by atoms with Crippen molar-refractivity contribution in [3.05, 3.63) is 101 Å². The predicted molar refractivity (Wildman–Crippen MR) is 168 cm³/mol. The minimum atomic E-state index is -4.24. The summed E-state index contributed by atoms with van der Waals surface area (Å²) in [5.74, 6) is 0.00819. The third-order valence-electron chi connectivity index (χ3n) is 6.17. The van der Waals surface area contributed by atoms with Crippen LogP contribution in [-0.4, -0.2) is 43.5 Å². The van der Waals surface area contributed by atoms with Gasteiger partial charge in [-0.1, -0.05) is 40.9 Å². The van der Waals surface area contributed by atoms with Gasteiger partial charge in [-0.3, -0.25) is 13.8 Å². The van der Waals surface area contributed by atoms with Gasteiger partial charge in [-0.05, 0) is 73.7 Å². The Labute approximate surface area is 260 Å². The Kier molecular flexibility index (Phi) is 9.75. The van der Waals surface area contributed by atoms with Crippen molar-refractivity contribution < 1.29 is 31.1 Å². The molecule has 0 unspecified atom stereocenters. The van der Waals surface area contributed by atoms with Crippen LogP contribution in [0.4, 0.5) is 17.1 Å². The molecule has 4 rings (SSSR count). The number of carbonyl (C=O) groups is 1. The first-order chi connectivity index (χ1) is 20.3. The van der Waals surface area contributed by atoms with E-state index in [1.165, 1.54) is 74.9 Å². The number of hydrogen-bond donors (Lipinski definition) is 2. The molecule has 0 heterocycles. The number of halogens is 2. The Bertz CT molecular complexity index is 1850. The van der Waals surface area contributed by atoms with E-state index in [9.17, 15) is 21.6 Å². The number of ether oxygens (including phenoxy) is 2. The van der Waals surface area contributed by atoms with Crippen LogP contribution >= 0.6 is 23.2 Å². The number of aryl methyl sites for hydroxylation is 1. The van der Waals surface area contributed by atoms with Crippen molar-refractivity contribution >= 4 is 66.2 Å². The maximum absolute atomic E-state index is 13.6. The molecule has 14 heteroatoms. The Morgan fingerprint density at radius 2 is 1.47 bits per heavy atom. The van der Waals surface area contributed by atoms with E-state index in [0.717, 1.165) is 9.87 Å². The van der Waals surface area contributed by atoms with E-state index in [1.54, 1.807) is 24.3 Å². The van der Waals surface area contributed by atoms with Gasteiger partial charge in [0.1, 0.15) is 18.0 Å². The number of methoxy groups -OCH3 is 2. The van der Waals surface area contributed by atoms with E-state index in [0.29, 0.717) is 11.5 Å². The fraction of sp³-hybridized carbons (Fsp3) is 0.138. The normalized spacial score (nSPS) is 11.5. The highest BCUT2D eigenvalue weighted by atomic mass is 35.5. The standard InChI is InChI=1S/C29H27Cl2N3O7S2/c1-19-4-10-24(11-5-19)43(38,39)34(27-16-20(30)6-14-25(27)31)18-29(35)32-21-7-12-23(13-8-21)42(36,37)33-26-17-22(40-2)9-15-28(26)41-3/h4-17,33H,18H2,1-3H3,(H,32,35). The first-order valence-electron chi connectivity index (χ1n) is 12.5. The second-order valence-electron chi connectivity index (χ2n) is 9.16. The number of rotatable bonds is 11. The summed E-state index contributed by atoms with van der Waals surface area (Å²) in [5.41, 5.74) is 1.28. The van der Waals surface area contributed by atoms with Gasteiger partial charge in [-0.2, -0.15) is 0 Å². The molecule has 4 aromatic carbocycles. The number of nitrogens with zero attached hydrogens (tertiary/aromatic N) is 1. The summed E-state index contributed by atoms with van der Waals surface area (Å²) in [7, 11) is -5.43. The zero-order chi connectivity index (χ0) is 31.4. The Hall–Kier alpha value is -3.97. The van der Waals surface area contributed by atoms with Gasteiger partial charge in [0.25, 0.3) is 20.0 Å². The fourth-order valence-corrected chi connectivity index (χ4v) is 6.89. The van der Waals surface area contributed by atoms with E-state index in [-0.39, 0.29) is 36.9 Å². The van der Waals surface area contributed by atoms with Crippen molar-refractivity contribution in [3.8, 4) is 11.5 Å². The summed E-state index contributed by atoms with van der Waals surface area (Å²) in [6.45, 7) is 1.17. The van der Waals surface area contributed by atoms with Crippen LogP contribution in [0, 0.1) is 6.92 Å². The van der Waals surface area contributed by atoms with Gasteiger partial charge in [-0.25, -0.2) is 16.8 Å². The third-order valence-corrected chi connectivity index (χ3v) is 9.88. The summed E-state index contributed by atoms with van der Waals surface area (Å²) in [5, 5.41) is 2.89. The van der Waals surface area contributed by atoms with Gasteiger partial charge in [0.15, 0.2) is 0 Å². The summed E-state index contributed by atoms with van der Waals surface area (Å²) in [4.78, 5) is 13.0. The second-order valence-corrected chi connectivity index (χ2v) is 13.6. The van der Waals surface area contributed by atoms with Crippen molar-refractivity contribution in [1.29, 1.82) is 0 Å². The molecule has 1 amide bonds. The van der Waals surface area contributed by atoms with Crippen LogP contribution in [0.5, 0.6) is 11.5 Å². The van der Waals surface area contributed by atoms with Crippen LogP contribution in [-0.2, 0) is 24.8 Å². The molecule has 0 spiro atoms. The first kappa shape index (κ1) is 32.0. The number of anilines is 3. The fourth-order valence-electron chi connectivity index (χ4n) is 3.96. The largest absolute Gasteiger partial charge is 0.497 e. The molecule has 0 fully saturated rings. The number of hydrogen-bond acceptors (Lipinski definition) is 7. The van der Waals surface area contributed by atoms with Crippen LogP contribution in [0.1, 0.15) is 5.56 Å². The molecule has 4 aromatic rings. The van der Waals surface area contributed by atoms with E-state index in [1.807, 2.05) is 6.92 Å². The second kappa shape index (κ2) is 13.1. The highest BCUT2D eigenvalue weighted by Crippen LogP contribution is 2.34. The lowest BCUT2D eigenvalue weighted by atomic mass is 10.2. The SMILES string of the molecule is COc1ccc(OC)c(NS(=O)(=O)c2ccc(NC(=O)CN(c3cc(Cl)ccc3Cl)S(=O)(=O)c3ccc(C)cc3)cc2)c1. The van der Waals surface area contributed by atoms with Crippen molar-refractivity contribution in [2.75, 3.05) is 35.1 Å². The number of benzene rings is 4. The summed E-state index contributed by atoms with van der Waals surface area (Å²) >= 11 is 12.5. The number of sulfonamides is 2. The topological polar surface area (TPSA) is 131 Å². The van der Waals surface area contributed by atoms with E-state index in [2.05, 4.69) is 10.0 Å². The van der Waals surface area contributed by atoms with Gasteiger partial charge in [-0.15, -0.1) is 0 Å².